The first-order valence-corrected chi connectivity index (χ1v) is 9.61. The van der Waals surface area contributed by atoms with Crippen molar-refractivity contribution in [3.05, 3.63) is 103 Å². The first-order chi connectivity index (χ1) is 11.7. The molecule has 0 aliphatic rings. The Morgan fingerprint density at radius 2 is 1.12 bits per heavy atom. The lowest BCUT2D eigenvalue weighted by Crippen LogP contribution is -2.24. The molecule has 0 bridgehead atoms. The van der Waals surface area contributed by atoms with Crippen molar-refractivity contribution >= 4 is 23.8 Å². The van der Waals surface area contributed by atoms with Gasteiger partial charge in [0.05, 0.1) is 0 Å². The third-order valence-corrected chi connectivity index (χ3v) is 6.96. The molecule has 24 heavy (non-hydrogen) atoms. The minimum absolute atomic E-state index is 0.654. The smallest absolute Gasteiger partial charge is 0.174 e. The lowest BCUT2D eigenvalue weighted by atomic mass is 10.2. The summed E-state index contributed by atoms with van der Waals surface area (Å²) in [6.45, 7) is 0. The molecule has 0 aliphatic heterocycles. The predicted molar refractivity (Wildman–Crippen MR) is 101 cm³/mol. The Bertz CT molecular complexity index is 799. The summed E-state index contributed by atoms with van der Waals surface area (Å²) < 4.78 is 13.8. The Morgan fingerprint density at radius 1 is 0.708 bits per heavy atom. The van der Waals surface area contributed by atoms with E-state index in [0.717, 1.165) is 5.56 Å². The summed E-state index contributed by atoms with van der Waals surface area (Å²) in [7, 11) is -3.18. The fraction of sp³-hybridized carbons (Fsp3) is 0.0476. The van der Waals surface area contributed by atoms with Gasteiger partial charge < -0.3 is 9.67 Å². The van der Waals surface area contributed by atoms with E-state index in [-0.39, 0.29) is 0 Å². The normalized spacial score (nSPS) is 13.0. The lowest BCUT2D eigenvalue weighted by molar-refractivity contribution is 0.297. The van der Waals surface area contributed by atoms with Crippen molar-refractivity contribution in [1.82, 2.24) is 0 Å². The van der Waals surface area contributed by atoms with E-state index in [9.17, 15) is 9.67 Å². The molecule has 0 saturated carbocycles. The van der Waals surface area contributed by atoms with Crippen LogP contribution in [-0.2, 0) is 4.57 Å². The molecule has 3 rings (SSSR count). The van der Waals surface area contributed by atoms with Crippen molar-refractivity contribution in [3.8, 4) is 0 Å². The lowest BCUT2D eigenvalue weighted by Gasteiger charge is -2.22. The van der Waals surface area contributed by atoms with Gasteiger partial charge in [0.1, 0.15) is 5.85 Å². The molecule has 1 N–H and O–H groups in total. The van der Waals surface area contributed by atoms with Crippen LogP contribution in [0.4, 0.5) is 0 Å². The molecule has 120 valence electrons. The Hall–Kier alpha value is -2.41. The molecule has 0 radical (unpaired) electrons. The number of benzene rings is 3. The number of hydrogen-bond donors (Lipinski definition) is 1. The average molecular weight is 334 g/mol. The highest BCUT2D eigenvalue weighted by molar-refractivity contribution is 7.79. The number of aliphatic hydroxyl groups excluding tert-OH is 1. The van der Waals surface area contributed by atoms with E-state index in [1.165, 1.54) is 0 Å². The van der Waals surface area contributed by atoms with Gasteiger partial charge in [0.25, 0.3) is 0 Å². The molecule has 0 aromatic heterocycles. The highest BCUT2D eigenvalue weighted by Gasteiger charge is 2.33. The minimum Gasteiger partial charge on any atom is -0.381 e. The number of hydrogen-bond acceptors (Lipinski definition) is 2. The highest BCUT2D eigenvalue weighted by atomic mass is 31.2. The third-order valence-electron chi connectivity index (χ3n) is 3.91. The Labute approximate surface area is 142 Å². The molecule has 0 spiro atoms. The minimum atomic E-state index is -3.18. The van der Waals surface area contributed by atoms with E-state index in [1.807, 2.05) is 97.1 Å². The van der Waals surface area contributed by atoms with Crippen LogP contribution in [0, 0.1) is 0 Å². The summed E-state index contributed by atoms with van der Waals surface area (Å²) in [4.78, 5) is 0. The standard InChI is InChI=1S/C21H19O2P/c22-21(17-16-18-10-4-1-5-11-18)24(23,19-12-6-2-7-13-19)20-14-8-3-9-15-20/h1-17,21-22H/b17-16+/t21-/m0/s1. The van der Waals surface area contributed by atoms with Crippen LogP contribution in [0.1, 0.15) is 5.56 Å². The molecule has 0 aliphatic carbocycles. The molecule has 0 fully saturated rings. The van der Waals surface area contributed by atoms with Crippen LogP contribution >= 0.6 is 7.14 Å². The Kier molecular flexibility index (Phi) is 5.10. The van der Waals surface area contributed by atoms with Gasteiger partial charge in [-0.05, 0) is 11.6 Å². The van der Waals surface area contributed by atoms with Gasteiger partial charge in [0.2, 0.25) is 0 Å². The molecule has 3 heteroatoms. The quantitative estimate of drug-likeness (QED) is 0.715. The van der Waals surface area contributed by atoms with Crippen LogP contribution in [0.15, 0.2) is 97.1 Å². The molecular weight excluding hydrogens is 315 g/mol. The summed E-state index contributed by atoms with van der Waals surface area (Å²) in [5.41, 5.74) is 0.962. The third kappa shape index (κ3) is 3.41. The first-order valence-electron chi connectivity index (χ1n) is 7.83. The molecule has 1 atom stereocenters. The van der Waals surface area contributed by atoms with E-state index in [0.29, 0.717) is 10.6 Å². The van der Waals surface area contributed by atoms with Crippen LogP contribution in [0.25, 0.3) is 6.08 Å². The van der Waals surface area contributed by atoms with Crippen molar-refractivity contribution in [3.63, 3.8) is 0 Å². The topological polar surface area (TPSA) is 37.3 Å². The van der Waals surface area contributed by atoms with Crippen LogP contribution in [0.5, 0.6) is 0 Å². The fourth-order valence-electron chi connectivity index (χ4n) is 2.64. The summed E-state index contributed by atoms with van der Waals surface area (Å²) in [6.07, 6.45) is 3.43. The molecule has 0 saturated heterocycles. The SMILES string of the molecule is O=P(c1ccccc1)(c1ccccc1)[C@H](O)/C=C/c1ccccc1. The van der Waals surface area contributed by atoms with Crippen molar-refractivity contribution < 1.29 is 9.67 Å². The summed E-state index contributed by atoms with van der Waals surface area (Å²) in [6, 6.07) is 28.1. The van der Waals surface area contributed by atoms with Gasteiger partial charge in [-0.25, -0.2) is 0 Å². The maximum Gasteiger partial charge on any atom is 0.174 e. The second-order valence-corrected chi connectivity index (χ2v) is 8.39. The summed E-state index contributed by atoms with van der Waals surface area (Å²) in [5, 5.41) is 12.1. The number of rotatable bonds is 5. The van der Waals surface area contributed by atoms with Crippen LogP contribution < -0.4 is 10.6 Å². The average Bonchev–Trinajstić information content (AvgIpc) is 2.67. The molecular formula is C21H19O2P. The fourth-order valence-corrected chi connectivity index (χ4v) is 5.10. The number of aliphatic hydroxyl groups is 1. The van der Waals surface area contributed by atoms with Crippen LogP contribution in [-0.4, -0.2) is 11.0 Å². The molecule has 0 unspecified atom stereocenters. The van der Waals surface area contributed by atoms with Gasteiger partial charge in [0.15, 0.2) is 7.14 Å². The Morgan fingerprint density at radius 3 is 1.58 bits per heavy atom. The predicted octanol–water partition coefficient (Wildman–Crippen LogP) is 4.03. The van der Waals surface area contributed by atoms with Crippen molar-refractivity contribution in [1.29, 1.82) is 0 Å². The van der Waals surface area contributed by atoms with E-state index in [2.05, 4.69) is 0 Å². The first kappa shape index (κ1) is 16.4. The largest absolute Gasteiger partial charge is 0.381 e. The zero-order chi connectivity index (χ0) is 16.8. The zero-order valence-electron chi connectivity index (χ0n) is 13.2. The van der Waals surface area contributed by atoms with Crippen molar-refractivity contribution in [2.24, 2.45) is 0 Å². The van der Waals surface area contributed by atoms with Gasteiger partial charge in [-0.1, -0.05) is 97.1 Å². The Balaban J connectivity index is 2.02. The molecule has 0 heterocycles. The van der Waals surface area contributed by atoms with Gasteiger partial charge >= 0.3 is 0 Å². The molecule has 0 amide bonds. The highest BCUT2D eigenvalue weighted by Crippen LogP contribution is 2.48. The van der Waals surface area contributed by atoms with Crippen molar-refractivity contribution in [2.45, 2.75) is 5.85 Å². The van der Waals surface area contributed by atoms with E-state index < -0.39 is 13.0 Å². The van der Waals surface area contributed by atoms with Gasteiger partial charge in [-0.15, -0.1) is 0 Å². The maximum atomic E-state index is 13.8. The monoisotopic (exact) mass is 334 g/mol. The second-order valence-electron chi connectivity index (χ2n) is 5.51. The van der Waals surface area contributed by atoms with E-state index in [4.69, 9.17) is 0 Å². The molecule has 3 aromatic rings. The van der Waals surface area contributed by atoms with Crippen LogP contribution in [0.3, 0.4) is 0 Å². The van der Waals surface area contributed by atoms with Gasteiger partial charge in [-0.2, -0.15) is 0 Å². The van der Waals surface area contributed by atoms with Gasteiger partial charge in [0, 0.05) is 10.6 Å². The van der Waals surface area contributed by atoms with E-state index in [1.54, 1.807) is 6.08 Å². The maximum absolute atomic E-state index is 13.8. The molecule has 3 aromatic carbocycles. The van der Waals surface area contributed by atoms with Crippen LogP contribution in [0.2, 0.25) is 0 Å². The van der Waals surface area contributed by atoms with Gasteiger partial charge in [-0.3, -0.25) is 0 Å². The molecule has 2 nitrogen and oxygen atoms in total. The summed E-state index contributed by atoms with van der Waals surface area (Å²) >= 11 is 0. The second kappa shape index (κ2) is 7.44. The van der Waals surface area contributed by atoms with Crippen molar-refractivity contribution in [2.75, 3.05) is 0 Å². The summed E-state index contributed by atoms with van der Waals surface area (Å²) in [5.74, 6) is -1.08. The van der Waals surface area contributed by atoms with E-state index >= 15 is 0 Å². The zero-order valence-corrected chi connectivity index (χ0v) is 14.1.